The summed E-state index contributed by atoms with van der Waals surface area (Å²) in [6, 6.07) is 11.5. The summed E-state index contributed by atoms with van der Waals surface area (Å²) in [6.45, 7) is 7.97. The van der Waals surface area contributed by atoms with Gasteiger partial charge in [0.25, 0.3) is 0 Å². The zero-order valence-electron chi connectivity index (χ0n) is 12.6. The molecule has 110 valence electrons. The molecule has 4 atom stereocenters. The van der Waals surface area contributed by atoms with Crippen molar-refractivity contribution in [2.24, 2.45) is 0 Å². The average Bonchev–Trinajstić information content (AvgIpc) is 2.93. The van der Waals surface area contributed by atoms with Gasteiger partial charge in [-0.1, -0.05) is 30.3 Å². The number of rotatable bonds is 3. The van der Waals surface area contributed by atoms with Crippen molar-refractivity contribution in [1.82, 2.24) is 9.80 Å². The van der Waals surface area contributed by atoms with Crippen LogP contribution in [-0.2, 0) is 0 Å². The van der Waals surface area contributed by atoms with Crippen molar-refractivity contribution in [2.45, 2.75) is 50.9 Å². The molecule has 0 amide bonds. The fourth-order valence-electron chi connectivity index (χ4n) is 3.89. The Morgan fingerprint density at radius 2 is 1.95 bits per heavy atom. The molecular weight excluding hydrogens is 248 g/mol. The number of nitrogens with zero attached hydrogens (tertiary/aromatic N) is 2. The lowest BCUT2D eigenvalue weighted by Crippen LogP contribution is -2.58. The number of benzene rings is 1. The SMILES string of the molecule is CC1CN2CCCC2CN1C(C)C(O)c1ccccc1. The second-order valence-electron chi connectivity index (χ2n) is 6.43. The maximum absolute atomic E-state index is 10.6. The topological polar surface area (TPSA) is 26.7 Å². The number of hydrogen-bond acceptors (Lipinski definition) is 3. The Morgan fingerprint density at radius 1 is 1.20 bits per heavy atom. The molecule has 3 rings (SSSR count). The smallest absolute Gasteiger partial charge is 0.0942 e. The van der Waals surface area contributed by atoms with E-state index in [1.54, 1.807) is 0 Å². The molecule has 20 heavy (non-hydrogen) atoms. The minimum Gasteiger partial charge on any atom is -0.387 e. The molecule has 2 aliphatic heterocycles. The molecule has 0 aromatic heterocycles. The first-order chi connectivity index (χ1) is 9.66. The maximum Gasteiger partial charge on any atom is 0.0942 e. The van der Waals surface area contributed by atoms with Crippen molar-refractivity contribution in [3.63, 3.8) is 0 Å². The van der Waals surface area contributed by atoms with Crippen LogP contribution in [0.15, 0.2) is 30.3 Å². The van der Waals surface area contributed by atoms with Crippen LogP contribution in [0.1, 0.15) is 38.4 Å². The summed E-state index contributed by atoms with van der Waals surface area (Å²) in [5.41, 5.74) is 1.03. The predicted molar refractivity (Wildman–Crippen MR) is 81.6 cm³/mol. The lowest BCUT2D eigenvalue weighted by molar-refractivity contribution is -0.0169. The fourth-order valence-corrected chi connectivity index (χ4v) is 3.89. The van der Waals surface area contributed by atoms with Crippen LogP contribution in [0, 0.1) is 0 Å². The predicted octanol–water partition coefficient (Wildman–Crippen LogP) is 2.28. The number of fused-ring (bicyclic) bond motifs is 1. The first-order valence-electron chi connectivity index (χ1n) is 7.89. The van der Waals surface area contributed by atoms with E-state index in [4.69, 9.17) is 0 Å². The van der Waals surface area contributed by atoms with Crippen LogP contribution in [0.4, 0.5) is 0 Å². The molecule has 1 aromatic carbocycles. The highest BCUT2D eigenvalue weighted by Crippen LogP contribution is 2.29. The molecule has 1 aromatic rings. The first kappa shape index (κ1) is 14.1. The Kier molecular flexibility index (Phi) is 4.11. The summed E-state index contributed by atoms with van der Waals surface area (Å²) in [7, 11) is 0. The molecule has 2 fully saturated rings. The lowest BCUT2D eigenvalue weighted by Gasteiger charge is -2.46. The Balaban J connectivity index is 1.71. The van der Waals surface area contributed by atoms with Crippen molar-refractivity contribution in [3.05, 3.63) is 35.9 Å². The summed E-state index contributed by atoms with van der Waals surface area (Å²) in [5, 5.41) is 10.6. The second-order valence-corrected chi connectivity index (χ2v) is 6.43. The average molecular weight is 274 g/mol. The Hall–Kier alpha value is -0.900. The van der Waals surface area contributed by atoms with Crippen LogP contribution in [0.2, 0.25) is 0 Å². The van der Waals surface area contributed by atoms with Crippen LogP contribution < -0.4 is 0 Å². The van der Waals surface area contributed by atoms with Crippen LogP contribution in [0.3, 0.4) is 0 Å². The summed E-state index contributed by atoms with van der Waals surface area (Å²) >= 11 is 0. The fraction of sp³-hybridized carbons (Fsp3) is 0.647. The number of hydrogen-bond donors (Lipinski definition) is 1. The summed E-state index contributed by atoms with van der Waals surface area (Å²) in [6.07, 6.45) is 2.25. The molecule has 0 radical (unpaired) electrons. The highest BCUT2D eigenvalue weighted by molar-refractivity contribution is 5.19. The van der Waals surface area contributed by atoms with Gasteiger partial charge in [0.15, 0.2) is 0 Å². The zero-order valence-corrected chi connectivity index (χ0v) is 12.6. The summed E-state index contributed by atoms with van der Waals surface area (Å²) in [4.78, 5) is 5.13. The molecule has 2 aliphatic rings. The normalized spacial score (nSPS) is 30.9. The van der Waals surface area contributed by atoms with E-state index in [-0.39, 0.29) is 6.04 Å². The van der Waals surface area contributed by atoms with Crippen molar-refractivity contribution in [3.8, 4) is 0 Å². The lowest BCUT2D eigenvalue weighted by atomic mass is 9.98. The van der Waals surface area contributed by atoms with E-state index in [0.717, 1.165) is 18.7 Å². The van der Waals surface area contributed by atoms with Gasteiger partial charge in [-0.05, 0) is 38.8 Å². The Morgan fingerprint density at radius 3 is 2.70 bits per heavy atom. The van der Waals surface area contributed by atoms with Crippen molar-refractivity contribution < 1.29 is 5.11 Å². The molecule has 2 heterocycles. The third-order valence-electron chi connectivity index (χ3n) is 5.11. The monoisotopic (exact) mass is 274 g/mol. The van der Waals surface area contributed by atoms with Crippen molar-refractivity contribution in [2.75, 3.05) is 19.6 Å². The van der Waals surface area contributed by atoms with Crippen LogP contribution in [0.5, 0.6) is 0 Å². The molecule has 3 heteroatoms. The molecule has 1 N–H and O–H groups in total. The molecule has 4 unspecified atom stereocenters. The van der Waals surface area contributed by atoms with Gasteiger partial charge in [0.1, 0.15) is 0 Å². The van der Waals surface area contributed by atoms with Gasteiger partial charge in [-0.15, -0.1) is 0 Å². The van der Waals surface area contributed by atoms with E-state index >= 15 is 0 Å². The van der Waals surface area contributed by atoms with Crippen LogP contribution >= 0.6 is 0 Å². The zero-order chi connectivity index (χ0) is 14.1. The first-order valence-corrected chi connectivity index (χ1v) is 7.89. The number of piperazine rings is 1. The quantitative estimate of drug-likeness (QED) is 0.916. The third-order valence-corrected chi connectivity index (χ3v) is 5.11. The van der Waals surface area contributed by atoms with Crippen molar-refractivity contribution >= 4 is 0 Å². The van der Waals surface area contributed by atoms with Crippen LogP contribution in [0.25, 0.3) is 0 Å². The summed E-state index contributed by atoms with van der Waals surface area (Å²) < 4.78 is 0. The minimum absolute atomic E-state index is 0.176. The van der Waals surface area contributed by atoms with E-state index in [0.29, 0.717) is 12.1 Å². The van der Waals surface area contributed by atoms with Gasteiger partial charge in [0.2, 0.25) is 0 Å². The van der Waals surface area contributed by atoms with E-state index in [9.17, 15) is 5.11 Å². The molecule has 0 aliphatic carbocycles. The molecule has 2 saturated heterocycles. The third kappa shape index (κ3) is 2.62. The maximum atomic E-state index is 10.6. The van der Waals surface area contributed by atoms with Crippen LogP contribution in [-0.4, -0.2) is 52.7 Å². The van der Waals surface area contributed by atoms with Crippen molar-refractivity contribution in [1.29, 1.82) is 0 Å². The number of aliphatic hydroxyl groups is 1. The van der Waals surface area contributed by atoms with Gasteiger partial charge in [-0.2, -0.15) is 0 Å². The highest BCUT2D eigenvalue weighted by Gasteiger charge is 2.37. The van der Waals surface area contributed by atoms with E-state index in [1.807, 2.05) is 30.3 Å². The van der Waals surface area contributed by atoms with Gasteiger partial charge >= 0.3 is 0 Å². The Bertz CT molecular complexity index is 436. The van der Waals surface area contributed by atoms with Gasteiger partial charge in [0, 0.05) is 31.2 Å². The van der Waals surface area contributed by atoms with Gasteiger partial charge < -0.3 is 5.11 Å². The standard InChI is InChI=1S/C17H26N2O/c1-13-11-18-10-6-9-16(18)12-19(13)14(2)17(20)15-7-4-3-5-8-15/h3-5,7-8,13-14,16-17,20H,6,9-12H2,1-2H3. The summed E-state index contributed by atoms with van der Waals surface area (Å²) in [5.74, 6) is 0. The van der Waals surface area contributed by atoms with Gasteiger partial charge in [0.05, 0.1) is 6.10 Å². The number of aliphatic hydroxyl groups excluding tert-OH is 1. The second kappa shape index (κ2) is 5.84. The largest absolute Gasteiger partial charge is 0.387 e. The van der Waals surface area contributed by atoms with Gasteiger partial charge in [-0.3, -0.25) is 9.80 Å². The van der Waals surface area contributed by atoms with E-state index in [1.165, 1.54) is 19.4 Å². The Labute approximate surface area is 122 Å². The molecule has 3 nitrogen and oxygen atoms in total. The molecular formula is C17H26N2O. The van der Waals surface area contributed by atoms with E-state index < -0.39 is 6.10 Å². The minimum atomic E-state index is -0.397. The van der Waals surface area contributed by atoms with Gasteiger partial charge in [-0.25, -0.2) is 0 Å². The highest BCUT2D eigenvalue weighted by atomic mass is 16.3. The molecule has 0 bridgehead atoms. The van der Waals surface area contributed by atoms with E-state index in [2.05, 4.69) is 23.6 Å². The molecule has 0 saturated carbocycles. The molecule has 0 spiro atoms.